The molecule has 0 N–H and O–H groups in total. The lowest BCUT2D eigenvalue weighted by atomic mass is 9.92. The van der Waals surface area contributed by atoms with E-state index in [-0.39, 0.29) is 0 Å². The van der Waals surface area contributed by atoms with Gasteiger partial charge in [0.25, 0.3) is 0 Å². The van der Waals surface area contributed by atoms with Crippen molar-refractivity contribution >= 4 is 29.8 Å². The highest BCUT2D eigenvalue weighted by Crippen LogP contribution is 2.33. The first-order valence-electron chi connectivity index (χ1n) is 10.7. The van der Waals surface area contributed by atoms with E-state index in [1.807, 2.05) is 0 Å². The summed E-state index contributed by atoms with van der Waals surface area (Å²) in [7, 11) is 0. The van der Waals surface area contributed by atoms with E-state index in [0.717, 1.165) is 27.7 Å². The van der Waals surface area contributed by atoms with E-state index >= 15 is 0 Å². The summed E-state index contributed by atoms with van der Waals surface area (Å²) >= 11 is 0. The third kappa shape index (κ3) is 7.36. The molecule has 2 rings (SSSR count). The van der Waals surface area contributed by atoms with Gasteiger partial charge in [0.2, 0.25) is 34.8 Å². The molecule has 0 amide bonds. The first-order chi connectivity index (χ1) is 17.6. The summed E-state index contributed by atoms with van der Waals surface area (Å²) in [4.78, 5) is 59.0. The first kappa shape index (κ1) is 30.4. The molecule has 1 aliphatic rings. The van der Waals surface area contributed by atoms with Crippen molar-refractivity contribution in [3.05, 3.63) is 29.1 Å². The van der Waals surface area contributed by atoms with E-state index in [0.29, 0.717) is 0 Å². The average Bonchev–Trinajstić information content (AvgIpc) is 2.81. The van der Waals surface area contributed by atoms with Crippen molar-refractivity contribution < 1.29 is 74.3 Å². The molecule has 38 heavy (non-hydrogen) atoms. The summed E-state index contributed by atoms with van der Waals surface area (Å²) in [6, 6.07) is 0. The van der Waals surface area contributed by atoms with Crippen LogP contribution in [0.2, 0.25) is 0 Å². The van der Waals surface area contributed by atoms with Gasteiger partial charge in [-0.1, -0.05) is 0 Å². The molecule has 16 heteroatoms. The number of hydrogen-bond donors (Lipinski definition) is 0. The second-order valence-corrected chi connectivity index (χ2v) is 7.81. The molecule has 0 unspecified atom stereocenters. The molecule has 0 aliphatic carbocycles. The minimum Gasteiger partial charge on any atom is -0.463 e. The standard InChI is InChI=1S/C22H21F5O11/c1-7(28)33-6-12-20(35-9(3)30)22(36-10(4)31)19(34-8(2)29)11(37-12)5-13(32)38-21-17(26)15(24)14(23)16(25)18(21)27/h11-12,19-20,22H,5-6H2,1-4H3/t11-,12-,19+,20+,22-/m1/s1. The van der Waals surface area contributed by atoms with E-state index in [1.165, 1.54) is 0 Å². The van der Waals surface area contributed by atoms with E-state index < -0.39 is 108 Å². The van der Waals surface area contributed by atoms with Gasteiger partial charge in [0.1, 0.15) is 18.8 Å². The second kappa shape index (κ2) is 12.6. The number of rotatable bonds is 8. The van der Waals surface area contributed by atoms with Gasteiger partial charge < -0.3 is 28.4 Å². The highest BCUT2D eigenvalue weighted by atomic mass is 19.2. The smallest absolute Gasteiger partial charge is 0.314 e. The second-order valence-electron chi connectivity index (χ2n) is 7.81. The molecular formula is C22H21F5O11. The zero-order valence-electron chi connectivity index (χ0n) is 20.2. The Morgan fingerprint density at radius 3 is 1.50 bits per heavy atom. The highest BCUT2D eigenvalue weighted by molar-refractivity contribution is 5.74. The zero-order valence-corrected chi connectivity index (χ0v) is 20.2. The Hall–Kier alpha value is -3.82. The van der Waals surface area contributed by atoms with Crippen LogP contribution in [0.3, 0.4) is 0 Å². The van der Waals surface area contributed by atoms with Crippen LogP contribution in [0.5, 0.6) is 5.75 Å². The molecule has 0 saturated carbocycles. The molecule has 0 spiro atoms. The number of ether oxygens (including phenoxy) is 6. The predicted octanol–water partition coefficient (Wildman–Crippen LogP) is 1.80. The minimum atomic E-state index is -2.49. The fourth-order valence-corrected chi connectivity index (χ4v) is 3.48. The Bertz CT molecular complexity index is 1100. The molecule has 1 aliphatic heterocycles. The number of carbonyl (C=O) groups is 5. The fourth-order valence-electron chi connectivity index (χ4n) is 3.48. The van der Waals surface area contributed by atoms with Crippen molar-refractivity contribution in [3.63, 3.8) is 0 Å². The molecule has 1 fully saturated rings. The van der Waals surface area contributed by atoms with Crippen molar-refractivity contribution in [1.29, 1.82) is 0 Å². The third-order valence-corrected chi connectivity index (χ3v) is 4.84. The number of carbonyl (C=O) groups excluding carboxylic acids is 5. The Kier molecular flexibility index (Phi) is 10.1. The van der Waals surface area contributed by atoms with Crippen LogP contribution in [0.4, 0.5) is 22.0 Å². The third-order valence-electron chi connectivity index (χ3n) is 4.84. The van der Waals surface area contributed by atoms with E-state index in [2.05, 4.69) is 4.74 Å². The van der Waals surface area contributed by atoms with Crippen LogP contribution in [-0.4, -0.2) is 67.0 Å². The summed E-state index contributed by atoms with van der Waals surface area (Å²) < 4.78 is 98.3. The summed E-state index contributed by atoms with van der Waals surface area (Å²) in [5.41, 5.74) is 0. The molecule has 1 saturated heterocycles. The van der Waals surface area contributed by atoms with Gasteiger partial charge in [0, 0.05) is 27.7 Å². The lowest BCUT2D eigenvalue weighted by Crippen LogP contribution is -2.62. The number of esters is 5. The van der Waals surface area contributed by atoms with Crippen LogP contribution in [-0.2, 0) is 47.7 Å². The van der Waals surface area contributed by atoms with Gasteiger partial charge in [0.05, 0.1) is 6.42 Å². The lowest BCUT2D eigenvalue weighted by molar-refractivity contribution is -0.253. The fraction of sp³-hybridized carbons (Fsp3) is 0.500. The highest BCUT2D eigenvalue weighted by Gasteiger charge is 2.52. The molecule has 0 bridgehead atoms. The number of hydrogen-bond acceptors (Lipinski definition) is 11. The Morgan fingerprint density at radius 1 is 0.632 bits per heavy atom. The van der Waals surface area contributed by atoms with Gasteiger partial charge in [-0.25, -0.2) is 13.2 Å². The van der Waals surface area contributed by atoms with Gasteiger partial charge in [-0.2, -0.15) is 8.78 Å². The van der Waals surface area contributed by atoms with Crippen molar-refractivity contribution in [2.24, 2.45) is 0 Å². The summed E-state index contributed by atoms with van der Waals surface area (Å²) in [5.74, 6) is -19.4. The van der Waals surface area contributed by atoms with Crippen LogP contribution in [0.15, 0.2) is 0 Å². The predicted molar refractivity (Wildman–Crippen MR) is 108 cm³/mol. The normalized spacial score (nSPS) is 22.7. The quantitative estimate of drug-likeness (QED) is 0.116. The lowest BCUT2D eigenvalue weighted by Gasteiger charge is -2.44. The molecular weight excluding hydrogens is 535 g/mol. The number of benzene rings is 1. The molecule has 0 radical (unpaired) electrons. The molecule has 5 atom stereocenters. The monoisotopic (exact) mass is 556 g/mol. The van der Waals surface area contributed by atoms with E-state index in [9.17, 15) is 45.9 Å². The van der Waals surface area contributed by atoms with Crippen LogP contribution in [0, 0.1) is 29.1 Å². The van der Waals surface area contributed by atoms with Crippen LogP contribution in [0.25, 0.3) is 0 Å². The van der Waals surface area contributed by atoms with Crippen LogP contribution < -0.4 is 4.74 Å². The molecule has 210 valence electrons. The Balaban J connectivity index is 2.46. The number of halogens is 5. The van der Waals surface area contributed by atoms with Crippen molar-refractivity contribution in [2.45, 2.75) is 64.6 Å². The zero-order chi connectivity index (χ0) is 28.9. The van der Waals surface area contributed by atoms with Crippen molar-refractivity contribution in [3.8, 4) is 5.75 Å². The SMILES string of the molecule is CC(=O)OC[C@H]1O[C@H](CC(=O)Oc2c(F)c(F)c(F)c(F)c2F)[C@H](OC(C)=O)[C@@H](OC(C)=O)[C@H]1OC(C)=O. The van der Waals surface area contributed by atoms with Gasteiger partial charge in [-0.05, 0) is 0 Å². The molecule has 0 aromatic heterocycles. The maximum absolute atomic E-state index is 14.0. The maximum Gasteiger partial charge on any atom is 0.314 e. The van der Waals surface area contributed by atoms with Gasteiger partial charge >= 0.3 is 29.8 Å². The van der Waals surface area contributed by atoms with Crippen LogP contribution in [0.1, 0.15) is 34.1 Å². The Morgan fingerprint density at radius 2 is 1.05 bits per heavy atom. The largest absolute Gasteiger partial charge is 0.463 e. The van der Waals surface area contributed by atoms with E-state index in [1.54, 1.807) is 0 Å². The van der Waals surface area contributed by atoms with Crippen molar-refractivity contribution in [1.82, 2.24) is 0 Å². The van der Waals surface area contributed by atoms with Crippen LogP contribution >= 0.6 is 0 Å². The van der Waals surface area contributed by atoms with Crippen molar-refractivity contribution in [2.75, 3.05) is 6.61 Å². The van der Waals surface area contributed by atoms with E-state index in [4.69, 9.17) is 23.7 Å². The maximum atomic E-state index is 14.0. The summed E-state index contributed by atoms with van der Waals surface area (Å²) in [5, 5.41) is 0. The first-order valence-corrected chi connectivity index (χ1v) is 10.7. The Labute approximate surface area is 211 Å². The van der Waals surface area contributed by atoms with Gasteiger partial charge in [-0.15, -0.1) is 0 Å². The van der Waals surface area contributed by atoms with Gasteiger partial charge in [-0.3, -0.25) is 24.0 Å². The molecule has 1 heterocycles. The molecule has 1 aromatic carbocycles. The summed E-state index contributed by atoms with van der Waals surface area (Å²) in [6.07, 6.45) is -9.17. The average molecular weight is 556 g/mol. The molecule has 11 nitrogen and oxygen atoms in total. The van der Waals surface area contributed by atoms with Gasteiger partial charge in [0.15, 0.2) is 18.3 Å². The summed E-state index contributed by atoms with van der Waals surface area (Å²) in [6.45, 7) is 3.22. The molecule has 1 aromatic rings. The topological polar surface area (TPSA) is 141 Å². The minimum absolute atomic E-state index is 0.638.